The molecule has 3 N–H and O–H groups in total. The Hall–Kier alpha value is -1.11. The van der Waals surface area contributed by atoms with Crippen LogP contribution in [0.5, 0.6) is 0 Å². The zero-order chi connectivity index (χ0) is 15.3. The SMILES string of the molecule is CC(CNS(=O)(=O)Cc1ccc(N)cc1)N1CCCCC1. The highest BCUT2D eigenvalue weighted by Crippen LogP contribution is 2.12. The minimum absolute atomic E-state index is 0. The molecule has 1 heterocycles. The van der Waals surface area contributed by atoms with Gasteiger partial charge in [-0.05, 0) is 50.6 Å². The molecular weight excluding hydrogens is 286 g/mol. The first kappa shape index (κ1) is 16.3. The zero-order valence-electron chi connectivity index (χ0n) is 12.6. The molecule has 0 aliphatic carbocycles. The Labute approximate surface area is 127 Å². The van der Waals surface area contributed by atoms with Crippen LogP contribution in [0.1, 0.15) is 31.7 Å². The van der Waals surface area contributed by atoms with Gasteiger partial charge in [0.05, 0.1) is 5.75 Å². The van der Waals surface area contributed by atoms with E-state index in [1.54, 1.807) is 24.3 Å². The van der Waals surface area contributed by atoms with Crippen LogP contribution in [0.4, 0.5) is 5.69 Å². The van der Waals surface area contributed by atoms with Crippen LogP contribution in [-0.4, -0.2) is 39.0 Å². The average Bonchev–Trinajstić information content (AvgIpc) is 2.48. The van der Waals surface area contributed by atoms with E-state index in [4.69, 9.17) is 5.73 Å². The van der Waals surface area contributed by atoms with Gasteiger partial charge in [-0.2, -0.15) is 0 Å². The van der Waals surface area contributed by atoms with E-state index in [2.05, 4.69) is 16.5 Å². The lowest BCUT2D eigenvalue weighted by Gasteiger charge is -2.32. The fraction of sp³-hybridized carbons (Fsp3) is 0.600. The number of rotatable bonds is 6. The summed E-state index contributed by atoms with van der Waals surface area (Å²) < 4.78 is 26.9. The number of nitrogens with zero attached hydrogens (tertiary/aromatic N) is 1. The van der Waals surface area contributed by atoms with Gasteiger partial charge in [0.15, 0.2) is 0 Å². The standard InChI is InChI=1S/C15H25N3O2S/c1-13(18-9-3-2-4-10-18)11-17-21(19,20)12-14-5-7-15(16)8-6-14/h5-8,13,17H,2-4,9-12,16H2,1H3. The Morgan fingerprint density at radius 2 is 1.81 bits per heavy atom. The third kappa shape index (κ3) is 5.30. The fourth-order valence-corrected chi connectivity index (χ4v) is 3.85. The van der Waals surface area contributed by atoms with Crippen molar-refractivity contribution in [3.63, 3.8) is 0 Å². The minimum atomic E-state index is -3.30. The second-order valence-corrected chi connectivity index (χ2v) is 7.60. The number of likely N-dealkylation sites (tertiary alicyclic amines) is 1. The molecule has 1 unspecified atom stereocenters. The monoisotopic (exact) mass is 311 g/mol. The van der Waals surface area contributed by atoms with Crippen LogP contribution in [0, 0.1) is 0 Å². The molecule has 1 saturated heterocycles. The van der Waals surface area contributed by atoms with E-state index in [1.807, 2.05) is 0 Å². The molecule has 5 nitrogen and oxygen atoms in total. The summed E-state index contributed by atoms with van der Waals surface area (Å²) in [7, 11) is -3.30. The summed E-state index contributed by atoms with van der Waals surface area (Å²) in [6, 6.07) is 7.19. The Kier molecular flexibility index (Phi) is 5.61. The molecule has 0 saturated carbocycles. The lowest BCUT2D eigenvalue weighted by Crippen LogP contribution is -2.44. The molecule has 0 amide bonds. The zero-order valence-corrected chi connectivity index (χ0v) is 13.4. The summed E-state index contributed by atoms with van der Waals surface area (Å²) in [5.41, 5.74) is 6.99. The average molecular weight is 311 g/mol. The lowest BCUT2D eigenvalue weighted by atomic mass is 10.1. The van der Waals surface area contributed by atoms with Gasteiger partial charge < -0.3 is 5.73 Å². The van der Waals surface area contributed by atoms with E-state index in [0.717, 1.165) is 18.7 Å². The first-order valence-electron chi connectivity index (χ1n) is 7.52. The van der Waals surface area contributed by atoms with Gasteiger partial charge in [-0.3, -0.25) is 4.90 Å². The van der Waals surface area contributed by atoms with E-state index >= 15 is 0 Å². The number of nitrogen functional groups attached to an aromatic ring is 1. The quantitative estimate of drug-likeness (QED) is 0.782. The molecule has 1 aromatic rings. The number of nitrogens with one attached hydrogen (secondary N) is 1. The topological polar surface area (TPSA) is 75.4 Å². The molecule has 0 aromatic heterocycles. The smallest absolute Gasteiger partial charge is 0.215 e. The Morgan fingerprint density at radius 3 is 2.43 bits per heavy atom. The molecule has 1 aliphatic heterocycles. The van der Waals surface area contributed by atoms with Crippen LogP contribution in [0.3, 0.4) is 0 Å². The van der Waals surface area contributed by atoms with E-state index in [1.165, 1.54) is 19.3 Å². The van der Waals surface area contributed by atoms with Gasteiger partial charge in [-0.1, -0.05) is 18.6 Å². The summed E-state index contributed by atoms with van der Waals surface area (Å²) in [5.74, 6) is 0. The highest BCUT2D eigenvalue weighted by Gasteiger charge is 2.19. The number of hydrogen-bond acceptors (Lipinski definition) is 4. The van der Waals surface area contributed by atoms with Crippen molar-refractivity contribution >= 4 is 15.7 Å². The molecule has 2 rings (SSSR count). The van der Waals surface area contributed by atoms with E-state index in [9.17, 15) is 8.42 Å². The first-order valence-corrected chi connectivity index (χ1v) is 9.17. The maximum absolute atomic E-state index is 12.1. The Bertz CT molecular complexity index is 537. The Balaban J connectivity index is 1.84. The predicted molar refractivity (Wildman–Crippen MR) is 86.4 cm³/mol. The lowest BCUT2D eigenvalue weighted by molar-refractivity contribution is 0.175. The first-order chi connectivity index (χ1) is 9.96. The summed E-state index contributed by atoms with van der Waals surface area (Å²) in [6.45, 7) is 4.69. The molecule has 21 heavy (non-hydrogen) atoms. The van der Waals surface area contributed by atoms with Crippen LogP contribution < -0.4 is 10.5 Å². The van der Waals surface area contributed by atoms with Gasteiger partial charge in [0, 0.05) is 18.3 Å². The van der Waals surface area contributed by atoms with Crippen LogP contribution in [0.2, 0.25) is 0 Å². The maximum Gasteiger partial charge on any atom is 0.215 e. The van der Waals surface area contributed by atoms with Crippen LogP contribution >= 0.6 is 0 Å². The second-order valence-electron chi connectivity index (χ2n) is 5.79. The molecule has 1 atom stereocenters. The van der Waals surface area contributed by atoms with Crippen molar-refractivity contribution in [2.24, 2.45) is 0 Å². The molecule has 1 fully saturated rings. The number of benzene rings is 1. The summed E-state index contributed by atoms with van der Waals surface area (Å²) >= 11 is 0. The van der Waals surface area contributed by atoms with Crippen molar-refractivity contribution < 1.29 is 8.42 Å². The minimum Gasteiger partial charge on any atom is -0.399 e. The van der Waals surface area contributed by atoms with Crippen LogP contribution in [0.25, 0.3) is 0 Å². The number of hydrogen-bond donors (Lipinski definition) is 2. The highest BCUT2D eigenvalue weighted by molar-refractivity contribution is 7.88. The molecule has 1 aromatic carbocycles. The summed E-state index contributed by atoms with van der Waals surface area (Å²) in [4.78, 5) is 2.36. The molecule has 118 valence electrons. The van der Waals surface area contributed by atoms with Gasteiger partial charge in [0.2, 0.25) is 10.0 Å². The van der Waals surface area contributed by atoms with E-state index in [-0.39, 0.29) is 11.8 Å². The third-order valence-corrected chi connectivity index (χ3v) is 5.27. The third-order valence-electron chi connectivity index (χ3n) is 3.95. The van der Waals surface area contributed by atoms with Crippen molar-refractivity contribution in [1.82, 2.24) is 9.62 Å². The van der Waals surface area contributed by atoms with Gasteiger partial charge in [0.1, 0.15) is 0 Å². The highest BCUT2D eigenvalue weighted by atomic mass is 32.2. The molecule has 0 bridgehead atoms. The number of piperidine rings is 1. The molecule has 6 heteroatoms. The molecule has 0 radical (unpaired) electrons. The van der Waals surface area contributed by atoms with Gasteiger partial charge in [-0.25, -0.2) is 13.1 Å². The van der Waals surface area contributed by atoms with Crippen molar-refractivity contribution in [2.75, 3.05) is 25.4 Å². The summed E-state index contributed by atoms with van der Waals surface area (Å²) in [5, 5.41) is 0. The van der Waals surface area contributed by atoms with E-state index < -0.39 is 10.0 Å². The number of sulfonamides is 1. The van der Waals surface area contributed by atoms with E-state index in [0.29, 0.717) is 12.2 Å². The molecule has 1 aliphatic rings. The number of nitrogens with two attached hydrogens (primary N) is 1. The van der Waals surface area contributed by atoms with Crippen molar-refractivity contribution in [1.29, 1.82) is 0 Å². The molecular formula is C15H25N3O2S. The van der Waals surface area contributed by atoms with Gasteiger partial charge in [0.25, 0.3) is 0 Å². The summed E-state index contributed by atoms with van der Waals surface area (Å²) in [6.07, 6.45) is 3.71. The fourth-order valence-electron chi connectivity index (χ4n) is 2.62. The maximum atomic E-state index is 12.1. The normalized spacial score (nSPS) is 18.5. The van der Waals surface area contributed by atoms with Gasteiger partial charge >= 0.3 is 0 Å². The predicted octanol–water partition coefficient (Wildman–Crippen LogP) is 1.56. The van der Waals surface area contributed by atoms with Crippen LogP contribution in [0.15, 0.2) is 24.3 Å². The van der Waals surface area contributed by atoms with Crippen molar-refractivity contribution in [2.45, 2.75) is 38.0 Å². The number of anilines is 1. The van der Waals surface area contributed by atoms with Crippen LogP contribution in [-0.2, 0) is 15.8 Å². The Morgan fingerprint density at radius 1 is 1.19 bits per heavy atom. The molecule has 0 spiro atoms. The largest absolute Gasteiger partial charge is 0.399 e. The van der Waals surface area contributed by atoms with Gasteiger partial charge in [-0.15, -0.1) is 0 Å². The van der Waals surface area contributed by atoms with Crippen molar-refractivity contribution in [3.8, 4) is 0 Å². The van der Waals surface area contributed by atoms with Crippen molar-refractivity contribution in [3.05, 3.63) is 29.8 Å². The second kappa shape index (κ2) is 7.24.